The summed E-state index contributed by atoms with van der Waals surface area (Å²) in [6, 6.07) is 5.58. The van der Waals surface area contributed by atoms with E-state index in [9.17, 15) is 9.59 Å². The zero-order valence-corrected chi connectivity index (χ0v) is 18.8. The van der Waals surface area contributed by atoms with Crippen LogP contribution in [-0.4, -0.2) is 48.0 Å². The fourth-order valence-corrected chi connectivity index (χ4v) is 3.74. The summed E-state index contributed by atoms with van der Waals surface area (Å²) < 4.78 is 13.0. The summed E-state index contributed by atoms with van der Waals surface area (Å²) in [6.45, 7) is 8.84. The van der Waals surface area contributed by atoms with Crippen molar-refractivity contribution in [2.75, 3.05) is 26.4 Å². The Morgan fingerprint density at radius 1 is 1.23 bits per heavy atom. The third-order valence-electron chi connectivity index (χ3n) is 5.64. The van der Waals surface area contributed by atoms with Crippen LogP contribution in [0.25, 0.3) is 0 Å². The predicted octanol–water partition coefficient (Wildman–Crippen LogP) is 3.39. The van der Waals surface area contributed by atoms with Crippen molar-refractivity contribution in [3.05, 3.63) is 51.8 Å². The number of hydrogen-bond acceptors (Lipinski definition) is 5. The van der Waals surface area contributed by atoms with Gasteiger partial charge in [0.2, 0.25) is 0 Å². The van der Waals surface area contributed by atoms with E-state index >= 15 is 0 Å². The van der Waals surface area contributed by atoms with Gasteiger partial charge in [-0.1, -0.05) is 13.0 Å². The Labute approximate surface area is 184 Å². The van der Waals surface area contributed by atoms with Crippen LogP contribution < -0.4 is 5.32 Å². The van der Waals surface area contributed by atoms with Crippen LogP contribution in [0.15, 0.2) is 18.2 Å². The van der Waals surface area contributed by atoms with Gasteiger partial charge < -0.3 is 14.8 Å². The zero-order valence-electron chi connectivity index (χ0n) is 18.8. The molecule has 1 amide bonds. The highest BCUT2D eigenvalue weighted by atomic mass is 16.5. The number of fused-ring (bicyclic) bond motifs is 1. The first-order valence-corrected chi connectivity index (χ1v) is 11.2. The first-order chi connectivity index (χ1) is 15.0. The Morgan fingerprint density at radius 2 is 2.03 bits per heavy atom. The number of benzene rings is 1. The molecule has 0 aliphatic carbocycles. The normalized spacial score (nSPS) is 15.0. The second-order valence-corrected chi connectivity index (χ2v) is 7.96. The van der Waals surface area contributed by atoms with E-state index in [0.29, 0.717) is 56.9 Å². The molecule has 1 aliphatic heterocycles. The summed E-state index contributed by atoms with van der Waals surface area (Å²) in [5.41, 5.74) is 5.26. The molecule has 1 aliphatic rings. The molecule has 0 fully saturated rings. The van der Waals surface area contributed by atoms with Gasteiger partial charge in [-0.2, -0.15) is 5.10 Å². The van der Waals surface area contributed by atoms with Crippen molar-refractivity contribution in [3.63, 3.8) is 0 Å². The Balaban J connectivity index is 1.65. The van der Waals surface area contributed by atoms with Crippen molar-refractivity contribution in [1.29, 1.82) is 0 Å². The molecule has 1 aromatic heterocycles. The van der Waals surface area contributed by atoms with Gasteiger partial charge in [0.05, 0.1) is 29.1 Å². The SMILES string of the molecule is CCc1nn(CCCOC(=O)c2ccc(C)c(C)c2)c2c1C(=O)NCCCOCCC2. The molecule has 2 heterocycles. The van der Waals surface area contributed by atoms with E-state index in [2.05, 4.69) is 5.32 Å². The molecule has 0 saturated carbocycles. The van der Waals surface area contributed by atoms with E-state index in [4.69, 9.17) is 14.6 Å². The van der Waals surface area contributed by atoms with Crippen LogP contribution in [-0.2, 0) is 28.9 Å². The van der Waals surface area contributed by atoms with Gasteiger partial charge in [0.25, 0.3) is 5.91 Å². The Morgan fingerprint density at radius 3 is 2.81 bits per heavy atom. The van der Waals surface area contributed by atoms with E-state index < -0.39 is 0 Å². The number of amides is 1. The third-order valence-corrected chi connectivity index (χ3v) is 5.64. The highest BCUT2D eigenvalue weighted by Crippen LogP contribution is 2.19. The summed E-state index contributed by atoms with van der Waals surface area (Å²) in [5, 5.41) is 7.69. The monoisotopic (exact) mass is 427 g/mol. The summed E-state index contributed by atoms with van der Waals surface area (Å²) in [5.74, 6) is -0.366. The maximum atomic E-state index is 12.8. The second kappa shape index (κ2) is 11.1. The minimum absolute atomic E-state index is 0.0545. The lowest BCUT2D eigenvalue weighted by molar-refractivity contribution is 0.0494. The summed E-state index contributed by atoms with van der Waals surface area (Å²) in [6.07, 6.45) is 3.71. The van der Waals surface area contributed by atoms with Gasteiger partial charge in [0, 0.05) is 32.7 Å². The molecule has 7 heteroatoms. The maximum Gasteiger partial charge on any atom is 0.338 e. The highest BCUT2D eigenvalue weighted by Gasteiger charge is 2.22. The number of nitrogens with one attached hydrogen (secondary N) is 1. The minimum Gasteiger partial charge on any atom is -0.462 e. The van der Waals surface area contributed by atoms with Crippen molar-refractivity contribution in [1.82, 2.24) is 15.1 Å². The van der Waals surface area contributed by atoms with Crippen LogP contribution in [0.1, 0.15) is 69.4 Å². The van der Waals surface area contributed by atoms with Crippen molar-refractivity contribution >= 4 is 11.9 Å². The molecular weight excluding hydrogens is 394 g/mol. The molecule has 7 nitrogen and oxygen atoms in total. The summed E-state index contributed by atoms with van der Waals surface area (Å²) >= 11 is 0. The number of carbonyl (C=O) groups excluding carboxylic acids is 2. The molecule has 2 aromatic rings. The van der Waals surface area contributed by atoms with Gasteiger partial charge in [0.15, 0.2) is 0 Å². The molecule has 0 unspecified atom stereocenters. The first-order valence-electron chi connectivity index (χ1n) is 11.2. The largest absolute Gasteiger partial charge is 0.462 e. The predicted molar refractivity (Wildman–Crippen MR) is 119 cm³/mol. The molecule has 0 saturated heterocycles. The number of aryl methyl sites for hydroxylation is 4. The number of ether oxygens (including phenoxy) is 2. The maximum absolute atomic E-state index is 12.8. The lowest BCUT2D eigenvalue weighted by Gasteiger charge is -2.10. The van der Waals surface area contributed by atoms with Gasteiger partial charge in [-0.15, -0.1) is 0 Å². The van der Waals surface area contributed by atoms with Gasteiger partial charge in [-0.3, -0.25) is 9.48 Å². The fraction of sp³-hybridized carbons (Fsp3) is 0.542. The quantitative estimate of drug-likeness (QED) is 0.564. The average Bonchev–Trinajstić information content (AvgIpc) is 3.10. The van der Waals surface area contributed by atoms with Crippen molar-refractivity contribution in [3.8, 4) is 0 Å². The van der Waals surface area contributed by atoms with E-state index in [-0.39, 0.29) is 11.9 Å². The topological polar surface area (TPSA) is 82.5 Å². The van der Waals surface area contributed by atoms with Crippen LogP contribution >= 0.6 is 0 Å². The molecule has 1 N–H and O–H groups in total. The van der Waals surface area contributed by atoms with Crippen LogP contribution in [0.3, 0.4) is 0 Å². The molecule has 1 aromatic carbocycles. The molecule has 0 spiro atoms. The Hall–Kier alpha value is -2.67. The molecule has 0 radical (unpaired) electrons. The molecule has 168 valence electrons. The lowest BCUT2D eigenvalue weighted by Crippen LogP contribution is -2.26. The van der Waals surface area contributed by atoms with Crippen LogP contribution in [0, 0.1) is 13.8 Å². The number of esters is 1. The van der Waals surface area contributed by atoms with Gasteiger partial charge in [0.1, 0.15) is 0 Å². The lowest BCUT2D eigenvalue weighted by atomic mass is 10.1. The highest BCUT2D eigenvalue weighted by molar-refractivity contribution is 5.96. The average molecular weight is 428 g/mol. The van der Waals surface area contributed by atoms with E-state index in [0.717, 1.165) is 41.8 Å². The number of hydrogen-bond donors (Lipinski definition) is 1. The summed E-state index contributed by atoms with van der Waals surface area (Å²) in [7, 11) is 0. The minimum atomic E-state index is -0.311. The molecular formula is C24H33N3O4. The smallest absolute Gasteiger partial charge is 0.338 e. The van der Waals surface area contributed by atoms with Crippen LogP contribution in [0.2, 0.25) is 0 Å². The first kappa shape index (κ1) is 23.0. The fourth-order valence-electron chi connectivity index (χ4n) is 3.74. The third kappa shape index (κ3) is 5.94. The number of carbonyl (C=O) groups is 2. The summed E-state index contributed by atoms with van der Waals surface area (Å²) in [4.78, 5) is 25.1. The molecule has 0 atom stereocenters. The second-order valence-electron chi connectivity index (χ2n) is 7.96. The van der Waals surface area contributed by atoms with Crippen molar-refractivity contribution in [2.45, 2.75) is 59.4 Å². The van der Waals surface area contributed by atoms with Crippen molar-refractivity contribution in [2.24, 2.45) is 0 Å². The van der Waals surface area contributed by atoms with E-state index in [1.165, 1.54) is 0 Å². The molecule has 31 heavy (non-hydrogen) atoms. The van der Waals surface area contributed by atoms with Crippen molar-refractivity contribution < 1.29 is 19.1 Å². The molecule has 0 bridgehead atoms. The van der Waals surface area contributed by atoms with Gasteiger partial charge in [-0.25, -0.2) is 4.79 Å². The van der Waals surface area contributed by atoms with Gasteiger partial charge in [-0.05, 0) is 62.8 Å². The van der Waals surface area contributed by atoms with Crippen LogP contribution in [0.5, 0.6) is 0 Å². The number of rotatable bonds is 6. The van der Waals surface area contributed by atoms with E-state index in [1.54, 1.807) is 6.07 Å². The number of nitrogens with zero attached hydrogens (tertiary/aromatic N) is 2. The Kier molecular flexibility index (Phi) is 8.23. The Bertz CT molecular complexity index is 920. The van der Waals surface area contributed by atoms with E-state index in [1.807, 2.05) is 37.6 Å². The van der Waals surface area contributed by atoms with Gasteiger partial charge >= 0.3 is 5.97 Å². The standard InChI is InChI=1S/C24H33N3O4/c1-4-20-22-21(8-5-13-30-14-6-11-25-23(22)28)27(26-20)12-7-15-31-24(29)19-10-9-17(2)18(3)16-19/h9-10,16H,4-8,11-15H2,1-3H3,(H,25,28). The van der Waals surface area contributed by atoms with Crippen LogP contribution in [0.4, 0.5) is 0 Å². The zero-order chi connectivity index (χ0) is 22.2. The number of aromatic nitrogens is 2. The molecule has 3 rings (SSSR count).